The zero-order chi connectivity index (χ0) is 14.0. The third-order valence-electron chi connectivity index (χ3n) is 2.66. The largest absolute Gasteiger partial charge is 0.322 e. The van der Waals surface area contributed by atoms with Gasteiger partial charge in [0, 0.05) is 18.9 Å². The number of nitrogens with one attached hydrogen (secondary N) is 1. The molecule has 0 aromatic heterocycles. The van der Waals surface area contributed by atoms with Crippen LogP contribution in [0.3, 0.4) is 0 Å². The number of nitrogens with zero attached hydrogens (tertiary/aromatic N) is 1. The average molecular weight is 268 g/mol. The Morgan fingerprint density at radius 1 is 1.21 bits per heavy atom. The molecule has 1 saturated heterocycles. The van der Waals surface area contributed by atoms with Gasteiger partial charge in [-0.2, -0.15) is 0 Å². The van der Waals surface area contributed by atoms with Crippen LogP contribution in [0.25, 0.3) is 0 Å². The maximum absolute atomic E-state index is 13.3. The summed E-state index contributed by atoms with van der Waals surface area (Å²) in [7, 11) is 0. The van der Waals surface area contributed by atoms with Crippen LogP contribution in [0.4, 0.5) is 14.5 Å². The highest BCUT2D eigenvalue weighted by Crippen LogP contribution is 2.16. The van der Waals surface area contributed by atoms with Gasteiger partial charge in [-0.1, -0.05) is 0 Å². The first-order valence-electron chi connectivity index (χ1n) is 5.55. The van der Waals surface area contributed by atoms with Crippen LogP contribution in [-0.2, 0) is 14.4 Å². The predicted molar refractivity (Wildman–Crippen MR) is 60.9 cm³/mol. The third kappa shape index (κ3) is 2.93. The Kier molecular flexibility index (Phi) is 3.55. The lowest BCUT2D eigenvalue weighted by molar-refractivity contribution is -0.141. The normalized spacial score (nSPS) is 14.9. The van der Waals surface area contributed by atoms with Gasteiger partial charge in [0.1, 0.15) is 18.2 Å². The molecule has 5 nitrogen and oxygen atoms in total. The molecule has 0 spiro atoms. The molecule has 1 fully saturated rings. The molecule has 1 aliphatic heterocycles. The Balaban J connectivity index is 2.03. The summed E-state index contributed by atoms with van der Waals surface area (Å²) in [5.41, 5.74) is -0.330. The van der Waals surface area contributed by atoms with Crippen molar-refractivity contribution in [3.8, 4) is 0 Å². The van der Waals surface area contributed by atoms with Crippen LogP contribution in [0.2, 0.25) is 0 Å². The Morgan fingerprint density at radius 3 is 2.47 bits per heavy atom. The second kappa shape index (κ2) is 5.13. The van der Waals surface area contributed by atoms with Crippen molar-refractivity contribution >= 4 is 23.4 Å². The van der Waals surface area contributed by atoms with Gasteiger partial charge in [-0.3, -0.25) is 19.3 Å². The number of rotatable bonds is 3. The highest BCUT2D eigenvalue weighted by atomic mass is 19.1. The molecule has 0 unspecified atom stereocenters. The molecule has 0 aliphatic carbocycles. The molecule has 2 rings (SSSR count). The minimum Gasteiger partial charge on any atom is -0.322 e. The van der Waals surface area contributed by atoms with Crippen molar-refractivity contribution in [2.45, 2.75) is 12.8 Å². The van der Waals surface area contributed by atoms with Crippen molar-refractivity contribution in [1.29, 1.82) is 0 Å². The molecule has 1 N–H and O–H groups in total. The number of likely N-dealkylation sites (tertiary alicyclic amines) is 1. The van der Waals surface area contributed by atoms with Crippen LogP contribution >= 0.6 is 0 Å². The number of hydrogen-bond donors (Lipinski definition) is 1. The highest BCUT2D eigenvalue weighted by molar-refractivity contribution is 6.06. The second-order valence-electron chi connectivity index (χ2n) is 4.05. The molecule has 7 heteroatoms. The van der Waals surface area contributed by atoms with Gasteiger partial charge in [0.2, 0.25) is 17.7 Å². The number of anilines is 1. The molecule has 100 valence electrons. The van der Waals surface area contributed by atoms with Crippen LogP contribution in [0.15, 0.2) is 18.2 Å². The van der Waals surface area contributed by atoms with Crippen LogP contribution in [0, 0.1) is 11.6 Å². The number of amides is 3. The first-order valence-corrected chi connectivity index (χ1v) is 5.55. The van der Waals surface area contributed by atoms with Gasteiger partial charge in [0.15, 0.2) is 0 Å². The molecular formula is C12H10F2N2O3. The van der Waals surface area contributed by atoms with Gasteiger partial charge in [-0.25, -0.2) is 8.78 Å². The molecule has 1 aliphatic rings. The molecular weight excluding hydrogens is 258 g/mol. The standard InChI is InChI=1S/C12H10F2N2O3/c13-7-1-2-8(14)9(5-7)15-10(17)6-16-11(18)3-4-12(16)19/h1-2,5H,3-4,6H2,(H,15,17). The Bertz CT molecular complexity index is 544. The fourth-order valence-corrected chi connectivity index (χ4v) is 1.73. The van der Waals surface area contributed by atoms with E-state index in [9.17, 15) is 23.2 Å². The predicted octanol–water partition coefficient (Wildman–Crippen LogP) is 1.05. The molecule has 0 radical (unpaired) electrons. The summed E-state index contributed by atoms with van der Waals surface area (Å²) >= 11 is 0. The van der Waals surface area contributed by atoms with Gasteiger partial charge in [-0.15, -0.1) is 0 Å². The van der Waals surface area contributed by atoms with Crippen molar-refractivity contribution in [3.63, 3.8) is 0 Å². The summed E-state index contributed by atoms with van der Waals surface area (Å²) < 4.78 is 26.2. The summed E-state index contributed by atoms with van der Waals surface area (Å²) in [5.74, 6) is -3.15. The van der Waals surface area contributed by atoms with E-state index in [4.69, 9.17) is 0 Å². The van der Waals surface area contributed by atoms with Gasteiger partial charge >= 0.3 is 0 Å². The van der Waals surface area contributed by atoms with Crippen LogP contribution in [0.5, 0.6) is 0 Å². The first kappa shape index (κ1) is 13.1. The maximum Gasteiger partial charge on any atom is 0.244 e. The number of carbonyl (C=O) groups is 3. The summed E-state index contributed by atoms with van der Waals surface area (Å²) in [5, 5.41) is 2.12. The van der Waals surface area contributed by atoms with E-state index in [-0.39, 0.29) is 18.5 Å². The maximum atomic E-state index is 13.3. The smallest absolute Gasteiger partial charge is 0.244 e. The minimum atomic E-state index is -0.797. The van der Waals surface area contributed by atoms with E-state index >= 15 is 0 Å². The zero-order valence-electron chi connectivity index (χ0n) is 9.78. The van der Waals surface area contributed by atoms with E-state index < -0.39 is 35.9 Å². The fourth-order valence-electron chi connectivity index (χ4n) is 1.73. The number of carbonyl (C=O) groups excluding carboxylic acids is 3. The molecule has 1 aromatic carbocycles. The van der Waals surface area contributed by atoms with E-state index in [1.54, 1.807) is 0 Å². The first-order chi connectivity index (χ1) is 8.97. The number of halogens is 2. The lowest BCUT2D eigenvalue weighted by atomic mass is 10.3. The van der Waals surface area contributed by atoms with Crippen molar-refractivity contribution in [2.75, 3.05) is 11.9 Å². The van der Waals surface area contributed by atoms with Crippen molar-refractivity contribution < 1.29 is 23.2 Å². The van der Waals surface area contributed by atoms with E-state index in [1.165, 1.54) is 0 Å². The summed E-state index contributed by atoms with van der Waals surface area (Å²) in [6.07, 6.45) is 0.140. The lowest BCUT2D eigenvalue weighted by Crippen LogP contribution is -2.37. The number of hydrogen-bond acceptors (Lipinski definition) is 3. The van der Waals surface area contributed by atoms with Crippen LogP contribution in [-0.4, -0.2) is 29.2 Å². The van der Waals surface area contributed by atoms with E-state index in [0.29, 0.717) is 0 Å². The number of benzene rings is 1. The molecule has 0 saturated carbocycles. The number of imide groups is 1. The van der Waals surface area contributed by atoms with Crippen molar-refractivity contribution in [2.24, 2.45) is 0 Å². The monoisotopic (exact) mass is 268 g/mol. The van der Waals surface area contributed by atoms with Crippen molar-refractivity contribution in [3.05, 3.63) is 29.8 Å². The van der Waals surface area contributed by atoms with E-state index in [2.05, 4.69) is 5.32 Å². The Labute approximate surface area is 107 Å². The summed E-state index contributed by atoms with van der Waals surface area (Å²) in [6.45, 7) is -0.492. The second-order valence-corrected chi connectivity index (χ2v) is 4.05. The topological polar surface area (TPSA) is 66.5 Å². The quantitative estimate of drug-likeness (QED) is 0.833. The molecule has 0 bridgehead atoms. The Hall–Kier alpha value is -2.31. The van der Waals surface area contributed by atoms with Crippen LogP contribution in [0.1, 0.15) is 12.8 Å². The summed E-state index contributed by atoms with van der Waals surface area (Å²) in [4.78, 5) is 34.9. The van der Waals surface area contributed by atoms with E-state index in [0.717, 1.165) is 23.1 Å². The van der Waals surface area contributed by atoms with Gasteiger partial charge in [-0.05, 0) is 12.1 Å². The fraction of sp³-hybridized carbons (Fsp3) is 0.250. The van der Waals surface area contributed by atoms with Gasteiger partial charge < -0.3 is 5.32 Å². The summed E-state index contributed by atoms with van der Waals surface area (Å²) in [6, 6.07) is 2.61. The molecule has 19 heavy (non-hydrogen) atoms. The highest BCUT2D eigenvalue weighted by Gasteiger charge is 2.30. The van der Waals surface area contributed by atoms with Crippen LogP contribution < -0.4 is 5.32 Å². The Morgan fingerprint density at radius 2 is 1.84 bits per heavy atom. The van der Waals surface area contributed by atoms with E-state index in [1.807, 2.05) is 0 Å². The van der Waals surface area contributed by atoms with Gasteiger partial charge in [0.25, 0.3) is 0 Å². The SMILES string of the molecule is O=C(CN1C(=O)CCC1=O)Nc1cc(F)ccc1F. The van der Waals surface area contributed by atoms with Crippen molar-refractivity contribution in [1.82, 2.24) is 4.90 Å². The minimum absolute atomic E-state index is 0.0699. The van der Waals surface area contributed by atoms with Gasteiger partial charge in [0.05, 0.1) is 5.69 Å². The molecule has 1 heterocycles. The lowest BCUT2D eigenvalue weighted by Gasteiger charge is -2.13. The molecule has 3 amide bonds. The zero-order valence-corrected chi connectivity index (χ0v) is 9.78. The average Bonchev–Trinajstić information content (AvgIpc) is 2.65. The molecule has 1 aromatic rings. The third-order valence-corrected chi connectivity index (χ3v) is 2.66. The molecule has 0 atom stereocenters.